The van der Waals surface area contributed by atoms with Crippen LogP contribution in [0.4, 0.5) is 5.69 Å². The summed E-state index contributed by atoms with van der Waals surface area (Å²) in [7, 11) is 2.10. The van der Waals surface area contributed by atoms with E-state index in [2.05, 4.69) is 49.2 Å². The first kappa shape index (κ1) is 14.9. The third-order valence-corrected chi connectivity index (χ3v) is 3.92. The first-order valence-corrected chi connectivity index (χ1v) is 7.27. The zero-order chi connectivity index (χ0) is 14.5. The average Bonchev–Trinajstić information content (AvgIpc) is 2.47. The molecule has 1 unspecified atom stereocenters. The molecule has 0 amide bonds. The van der Waals surface area contributed by atoms with E-state index in [-0.39, 0.29) is 6.04 Å². The number of halogens is 1. The van der Waals surface area contributed by atoms with Gasteiger partial charge in [-0.2, -0.15) is 0 Å². The smallest absolute Gasteiger partial charge is 0.0511 e. The number of benzene rings is 2. The van der Waals surface area contributed by atoms with E-state index in [1.54, 1.807) is 0 Å². The Labute approximate surface area is 126 Å². The van der Waals surface area contributed by atoms with Gasteiger partial charge in [0.05, 0.1) is 6.04 Å². The molecule has 3 heteroatoms. The molecule has 2 aromatic carbocycles. The van der Waals surface area contributed by atoms with Crippen LogP contribution >= 0.6 is 11.6 Å². The Morgan fingerprint density at radius 2 is 1.85 bits per heavy atom. The van der Waals surface area contributed by atoms with Gasteiger partial charge in [-0.15, -0.1) is 0 Å². The standard InChI is InChI=1S/C17H21ClN2/c1-13(15-4-3-5-16(18)12-15)20(2)17-8-6-14(7-9-17)10-11-19/h3-9,12-13H,10-11,19H2,1-2H3. The lowest BCUT2D eigenvalue weighted by Crippen LogP contribution is -2.21. The van der Waals surface area contributed by atoms with Crippen LogP contribution in [0.3, 0.4) is 0 Å². The Morgan fingerprint density at radius 3 is 2.45 bits per heavy atom. The summed E-state index contributed by atoms with van der Waals surface area (Å²) in [5, 5.41) is 0.779. The first-order valence-electron chi connectivity index (χ1n) is 6.89. The molecule has 0 saturated carbocycles. The van der Waals surface area contributed by atoms with E-state index in [9.17, 15) is 0 Å². The van der Waals surface area contributed by atoms with Gasteiger partial charge < -0.3 is 10.6 Å². The lowest BCUT2D eigenvalue weighted by molar-refractivity contribution is 0.739. The molecule has 106 valence electrons. The molecule has 2 rings (SSSR count). The zero-order valence-electron chi connectivity index (χ0n) is 12.0. The first-order chi connectivity index (χ1) is 9.61. The van der Waals surface area contributed by atoms with Gasteiger partial charge in [-0.1, -0.05) is 35.9 Å². The maximum absolute atomic E-state index is 6.06. The molecule has 0 aromatic heterocycles. The van der Waals surface area contributed by atoms with E-state index < -0.39 is 0 Å². The molecule has 0 saturated heterocycles. The number of rotatable bonds is 5. The second kappa shape index (κ2) is 6.78. The summed E-state index contributed by atoms with van der Waals surface area (Å²) in [5.74, 6) is 0. The molecule has 1 atom stereocenters. The van der Waals surface area contributed by atoms with E-state index >= 15 is 0 Å². The number of nitrogens with zero attached hydrogens (tertiary/aromatic N) is 1. The third kappa shape index (κ3) is 3.53. The lowest BCUT2D eigenvalue weighted by atomic mass is 10.1. The summed E-state index contributed by atoms with van der Waals surface area (Å²) in [6.45, 7) is 2.87. The molecular weight excluding hydrogens is 268 g/mol. The van der Waals surface area contributed by atoms with Crippen molar-refractivity contribution >= 4 is 17.3 Å². The predicted octanol–water partition coefficient (Wildman–Crippen LogP) is 4.04. The van der Waals surface area contributed by atoms with E-state index in [4.69, 9.17) is 17.3 Å². The number of hydrogen-bond donors (Lipinski definition) is 1. The fourth-order valence-electron chi connectivity index (χ4n) is 2.28. The van der Waals surface area contributed by atoms with Crippen LogP contribution < -0.4 is 10.6 Å². The van der Waals surface area contributed by atoms with Crippen LogP contribution in [0.15, 0.2) is 48.5 Å². The number of nitrogens with two attached hydrogens (primary N) is 1. The summed E-state index contributed by atoms with van der Waals surface area (Å²) >= 11 is 6.06. The van der Waals surface area contributed by atoms with E-state index in [1.165, 1.54) is 16.8 Å². The third-order valence-electron chi connectivity index (χ3n) is 3.69. The minimum absolute atomic E-state index is 0.272. The van der Waals surface area contributed by atoms with Gasteiger partial charge in [0.2, 0.25) is 0 Å². The van der Waals surface area contributed by atoms with Crippen LogP contribution in [-0.2, 0) is 6.42 Å². The molecular formula is C17H21ClN2. The molecule has 0 bridgehead atoms. The van der Waals surface area contributed by atoms with Gasteiger partial charge in [-0.3, -0.25) is 0 Å². The topological polar surface area (TPSA) is 29.3 Å². The Kier molecular flexibility index (Phi) is 5.05. The Morgan fingerprint density at radius 1 is 1.15 bits per heavy atom. The average molecular weight is 289 g/mol. The minimum atomic E-state index is 0.272. The Balaban J connectivity index is 2.15. The van der Waals surface area contributed by atoms with Gasteiger partial charge in [0, 0.05) is 17.8 Å². The highest BCUT2D eigenvalue weighted by Crippen LogP contribution is 2.27. The summed E-state index contributed by atoms with van der Waals surface area (Å²) < 4.78 is 0. The van der Waals surface area contributed by atoms with Crippen LogP contribution in [0.5, 0.6) is 0 Å². The van der Waals surface area contributed by atoms with Gasteiger partial charge in [-0.25, -0.2) is 0 Å². The largest absolute Gasteiger partial charge is 0.368 e. The van der Waals surface area contributed by atoms with E-state index in [1.807, 2.05) is 18.2 Å². The van der Waals surface area contributed by atoms with Gasteiger partial charge in [0.25, 0.3) is 0 Å². The summed E-state index contributed by atoms with van der Waals surface area (Å²) in [6.07, 6.45) is 0.924. The summed E-state index contributed by atoms with van der Waals surface area (Å²) in [4.78, 5) is 2.25. The second-order valence-electron chi connectivity index (χ2n) is 5.05. The molecule has 0 spiro atoms. The van der Waals surface area contributed by atoms with E-state index in [0.29, 0.717) is 6.54 Å². The monoisotopic (exact) mass is 288 g/mol. The van der Waals surface area contributed by atoms with Gasteiger partial charge in [0.15, 0.2) is 0 Å². The normalized spacial score (nSPS) is 12.2. The number of anilines is 1. The van der Waals surface area contributed by atoms with Crippen molar-refractivity contribution in [3.63, 3.8) is 0 Å². The van der Waals surface area contributed by atoms with Crippen molar-refractivity contribution < 1.29 is 0 Å². The molecule has 0 aliphatic heterocycles. The maximum Gasteiger partial charge on any atom is 0.0511 e. The zero-order valence-corrected chi connectivity index (χ0v) is 12.8. The lowest BCUT2D eigenvalue weighted by Gasteiger charge is -2.27. The highest BCUT2D eigenvalue weighted by atomic mass is 35.5. The van der Waals surface area contributed by atoms with Gasteiger partial charge in [0.1, 0.15) is 0 Å². The molecule has 2 N–H and O–H groups in total. The van der Waals surface area contributed by atoms with Gasteiger partial charge in [-0.05, 0) is 55.3 Å². The molecule has 2 aromatic rings. The fourth-order valence-corrected chi connectivity index (χ4v) is 2.48. The molecule has 2 nitrogen and oxygen atoms in total. The predicted molar refractivity (Wildman–Crippen MR) is 87.5 cm³/mol. The highest BCUT2D eigenvalue weighted by molar-refractivity contribution is 6.30. The van der Waals surface area contributed by atoms with Crippen molar-refractivity contribution in [2.75, 3.05) is 18.5 Å². The Hall–Kier alpha value is -1.51. The van der Waals surface area contributed by atoms with Crippen LogP contribution in [0.2, 0.25) is 5.02 Å². The maximum atomic E-state index is 6.06. The van der Waals surface area contributed by atoms with Crippen molar-refractivity contribution in [2.45, 2.75) is 19.4 Å². The molecule has 0 radical (unpaired) electrons. The summed E-state index contributed by atoms with van der Waals surface area (Å²) in [5.41, 5.74) is 9.26. The van der Waals surface area contributed by atoms with Crippen LogP contribution in [-0.4, -0.2) is 13.6 Å². The molecule has 0 fully saturated rings. The quantitative estimate of drug-likeness (QED) is 0.900. The second-order valence-corrected chi connectivity index (χ2v) is 5.48. The van der Waals surface area contributed by atoms with Crippen molar-refractivity contribution in [2.24, 2.45) is 5.73 Å². The molecule has 20 heavy (non-hydrogen) atoms. The molecule has 0 aliphatic carbocycles. The fraction of sp³-hybridized carbons (Fsp3) is 0.294. The van der Waals surface area contributed by atoms with Crippen LogP contribution in [0.25, 0.3) is 0 Å². The molecule has 0 aliphatic rings. The molecule has 0 heterocycles. The minimum Gasteiger partial charge on any atom is -0.368 e. The van der Waals surface area contributed by atoms with Gasteiger partial charge >= 0.3 is 0 Å². The van der Waals surface area contributed by atoms with Crippen molar-refractivity contribution in [1.82, 2.24) is 0 Å². The van der Waals surface area contributed by atoms with E-state index in [0.717, 1.165) is 11.4 Å². The van der Waals surface area contributed by atoms with Crippen molar-refractivity contribution in [1.29, 1.82) is 0 Å². The number of hydrogen-bond acceptors (Lipinski definition) is 2. The van der Waals surface area contributed by atoms with Crippen LogP contribution in [0.1, 0.15) is 24.1 Å². The van der Waals surface area contributed by atoms with Crippen molar-refractivity contribution in [3.05, 3.63) is 64.7 Å². The Bertz CT molecular complexity index is 551. The summed E-state index contributed by atoms with van der Waals surface area (Å²) in [6, 6.07) is 16.9. The van der Waals surface area contributed by atoms with Crippen molar-refractivity contribution in [3.8, 4) is 0 Å². The SMILES string of the molecule is CC(c1cccc(Cl)c1)N(C)c1ccc(CCN)cc1. The van der Waals surface area contributed by atoms with Crippen LogP contribution in [0, 0.1) is 0 Å². The highest BCUT2D eigenvalue weighted by Gasteiger charge is 2.12.